The van der Waals surface area contributed by atoms with Crippen molar-refractivity contribution in [3.63, 3.8) is 0 Å². The lowest BCUT2D eigenvalue weighted by molar-refractivity contribution is -0.107. The van der Waals surface area contributed by atoms with Gasteiger partial charge in [0.1, 0.15) is 10.5 Å². The van der Waals surface area contributed by atoms with Gasteiger partial charge >= 0.3 is 0 Å². The highest BCUT2D eigenvalue weighted by Crippen LogP contribution is 2.41. The maximum atomic E-state index is 11.9. The number of amides is 1. The van der Waals surface area contributed by atoms with Crippen LogP contribution in [0, 0.1) is 0 Å². The smallest absolute Gasteiger partial charge is 0.214 e. The number of benzene rings is 2. The Balaban J connectivity index is 0.000000281. The van der Waals surface area contributed by atoms with Crippen LogP contribution < -0.4 is 9.64 Å². The van der Waals surface area contributed by atoms with Crippen LogP contribution in [-0.2, 0) is 29.5 Å². The molecule has 1 aliphatic heterocycles. The van der Waals surface area contributed by atoms with E-state index < -0.39 is 14.6 Å². The number of aliphatic hydroxyl groups excluding tert-OH is 1. The number of carbonyl (C=O) groups excluding carboxylic acids is 1. The number of anilines is 1. The number of aliphatic hydroxyl groups is 1. The van der Waals surface area contributed by atoms with E-state index in [-0.39, 0.29) is 25.2 Å². The molecule has 3 rings (SSSR count). The van der Waals surface area contributed by atoms with E-state index in [0.29, 0.717) is 18.2 Å². The molecule has 1 saturated heterocycles. The van der Waals surface area contributed by atoms with E-state index in [4.69, 9.17) is 26.2 Å². The van der Waals surface area contributed by atoms with Crippen molar-refractivity contribution in [2.45, 2.75) is 76.4 Å². The molecule has 1 heterocycles. The lowest BCUT2D eigenvalue weighted by Gasteiger charge is -2.39. The third-order valence-electron chi connectivity index (χ3n) is 7.52. The third kappa shape index (κ3) is 8.44. The number of unbranched alkanes of at least 4 members (excludes halogenated alkanes) is 1. The molecule has 0 bridgehead atoms. The topological polar surface area (TPSA) is 93.1 Å². The lowest BCUT2D eigenvalue weighted by atomic mass is 9.74. The minimum atomic E-state index is -3.18. The Labute approximate surface area is 245 Å². The fraction of sp³-hybridized carbons (Fsp3) is 0.581. The first-order chi connectivity index (χ1) is 19.0. The Morgan fingerprint density at radius 1 is 1.07 bits per heavy atom. The number of nitrogens with zero attached hydrogens (tertiary/aromatic N) is 1. The Kier molecular flexibility index (Phi) is 13.4. The van der Waals surface area contributed by atoms with Crippen LogP contribution in [0.25, 0.3) is 0 Å². The van der Waals surface area contributed by atoms with E-state index in [2.05, 4.69) is 27.7 Å². The molecule has 7 nitrogen and oxygen atoms in total. The summed E-state index contributed by atoms with van der Waals surface area (Å²) < 4.78 is 33.7. The van der Waals surface area contributed by atoms with Gasteiger partial charge in [-0.15, -0.1) is 0 Å². The normalized spacial score (nSPS) is 14.5. The standard InChI is InChI=1S/C17H26ClNO2.C14H20O4S/c1-4-8-17(3,9-5-2)15-12-14(18)6-7-16(15)19(13-21)10-11-20;1-3-4-9-18-13-7-5-12(6-8-13)14(10-17-11-14)19(2,15)16/h6-7,12-13,20H,4-5,8-11H2,1-3H3;5-8H,3-4,9-11H2,1-2H3. The third-order valence-corrected chi connectivity index (χ3v) is 9.64. The molecule has 0 aromatic heterocycles. The summed E-state index contributed by atoms with van der Waals surface area (Å²) in [6, 6.07) is 13.0. The van der Waals surface area contributed by atoms with Gasteiger partial charge in [-0.1, -0.05) is 70.7 Å². The van der Waals surface area contributed by atoms with Crippen LogP contribution in [0.15, 0.2) is 42.5 Å². The predicted molar refractivity (Wildman–Crippen MR) is 163 cm³/mol. The van der Waals surface area contributed by atoms with Crippen molar-refractivity contribution < 1.29 is 27.8 Å². The molecule has 0 aliphatic carbocycles. The molecule has 0 spiro atoms. The second kappa shape index (κ2) is 15.8. The molecule has 0 atom stereocenters. The van der Waals surface area contributed by atoms with Crippen molar-refractivity contribution in [1.82, 2.24) is 0 Å². The predicted octanol–water partition coefficient (Wildman–Crippen LogP) is 6.29. The average molecular weight is 596 g/mol. The summed E-state index contributed by atoms with van der Waals surface area (Å²) in [5.41, 5.74) is 2.72. The zero-order valence-corrected chi connectivity index (χ0v) is 26.2. The van der Waals surface area contributed by atoms with Crippen molar-refractivity contribution in [3.8, 4) is 5.75 Å². The number of hydrogen-bond acceptors (Lipinski definition) is 6. The second-order valence-electron chi connectivity index (χ2n) is 10.7. The first-order valence-electron chi connectivity index (χ1n) is 14.1. The van der Waals surface area contributed by atoms with E-state index in [0.717, 1.165) is 67.5 Å². The van der Waals surface area contributed by atoms with Gasteiger partial charge < -0.3 is 19.5 Å². The zero-order valence-electron chi connectivity index (χ0n) is 24.6. The summed E-state index contributed by atoms with van der Waals surface area (Å²) in [4.78, 5) is 12.9. The van der Waals surface area contributed by atoms with E-state index in [9.17, 15) is 13.2 Å². The van der Waals surface area contributed by atoms with Crippen LogP contribution in [0.1, 0.15) is 77.3 Å². The quantitative estimate of drug-likeness (QED) is 0.192. The molecule has 2 aromatic carbocycles. The van der Waals surface area contributed by atoms with E-state index in [1.165, 1.54) is 6.26 Å². The van der Waals surface area contributed by atoms with Crippen molar-refractivity contribution in [2.75, 3.05) is 44.1 Å². The fourth-order valence-electron chi connectivity index (χ4n) is 5.15. The Morgan fingerprint density at radius 3 is 2.15 bits per heavy atom. The monoisotopic (exact) mass is 595 g/mol. The van der Waals surface area contributed by atoms with Gasteiger partial charge in [-0.2, -0.15) is 0 Å². The van der Waals surface area contributed by atoms with Gasteiger partial charge in [0.25, 0.3) is 0 Å². The van der Waals surface area contributed by atoms with Crippen LogP contribution in [-0.4, -0.2) is 59.2 Å². The fourth-order valence-corrected chi connectivity index (χ4v) is 6.48. The molecule has 2 aromatic rings. The van der Waals surface area contributed by atoms with Crippen molar-refractivity contribution >= 4 is 33.5 Å². The Bertz CT molecular complexity index is 1160. The van der Waals surface area contributed by atoms with Crippen LogP contribution in [0.3, 0.4) is 0 Å². The molecule has 0 unspecified atom stereocenters. The molecule has 1 N–H and O–H groups in total. The van der Waals surface area contributed by atoms with Gasteiger partial charge in [0.15, 0.2) is 9.84 Å². The molecular weight excluding hydrogens is 550 g/mol. The number of ether oxygens (including phenoxy) is 2. The van der Waals surface area contributed by atoms with Crippen LogP contribution >= 0.6 is 11.6 Å². The molecule has 1 amide bonds. The number of carbonyl (C=O) groups is 1. The highest BCUT2D eigenvalue weighted by molar-refractivity contribution is 7.91. The average Bonchev–Trinajstić information content (AvgIpc) is 2.88. The van der Waals surface area contributed by atoms with Crippen molar-refractivity contribution in [2.24, 2.45) is 0 Å². The molecule has 224 valence electrons. The van der Waals surface area contributed by atoms with Crippen LogP contribution in [0.4, 0.5) is 5.69 Å². The summed E-state index contributed by atoms with van der Waals surface area (Å²) in [7, 11) is -3.18. The number of sulfone groups is 1. The van der Waals surface area contributed by atoms with Crippen LogP contribution in [0.5, 0.6) is 5.75 Å². The summed E-state index contributed by atoms with van der Waals surface area (Å²) in [6.45, 7) is 10.1. The van der Waals surface area contributed by atoms with Crippen molar-refractivity contribution in [3.05, 3.63) is 58.6 Å². The van der Waals surface area contributed by atoms with E-state index in [1.54, 1.807) is 11.0 Å². The maximum Gasteiger partial charge on any atom is 0.214 e. The first kappa shape index (κ1) is 34.1. The minimum absolute atomic E-state index is 0.0134. The summed E-state index contributed by atoms with van der Waals surface area (Å²) in [5, 5.41) is 9.84. The van der Waals surface area contributed by atoms with E-state index in [1.807, 2.05) is 36.4 Å². The minimum Gasteiger partial charge on any atom is -0.494 e. The summed E-state index contributed by atoms with van der Waals surface area (Å²) >= 11 is 6.19. The zero-order chi connectivity index (χ0) is 29.8. The highest BCUT2D eigenvalue weighted by Gasteiger charge is 2.49. The summed E-state index contributed by atoms with van der Waals surface area (Å²) in [5.74, 6) is 0.779. The molecule has 0 radical (unpaired) electrons. The maximum absolute atomic E-state index is 11.9. The molecule has 40 heavy (non-hydrogen) atoms. The molecular formula is C31H46ClNO6S. The molecule has 9 heteroatoms. The SMILES string of the molecule is CCCC(C)(CCC)c1cc(Cl)ccc1N(C=O)CCO.CCCCOc1ccc(C2(S(C)(=O)=O)COC2)cc1. The van der Waals surface area contributed by atoms with Gasteiger partial charge in [0.05, 0.1) is 26.4 Å². The number of hydrogen-bond donors (Lipinski definition) is 1. The molecule has 0 saturated carbocycles. The largest absolute Gasteiger partial charge is 0.494 e. The van der Waals surface area contributed by atoms with Crippen LogP contribution in [0.2, 0.25) is 5.02 Å². The second-order valence-corrected chi connectivity index (χ2v) is 13.5. The Hall–Kier alpha value is -2.13. The van der Waals surface area contributed by atoms with Gasteiger partial charge in [0, 0.05) is 23.5 Å². The van der Waals surface area contributed by atoms with E-state index >= 15 is 0 Å². The lowest BCUT2D eigenvalue weighted by Crippen LogP contribution is -2.52. The van der Waals surface area contributed by atoms with Gasteiger partial charge in [0.2, 0.25) is 6.41 Å². The Morgan fingerprint density at radius 2 is 1.70 bits per heavy atom. The van der Waals surface area contributed by atoms with Gasteiger partial charge in [-0.05, 0) is 66.1 Å². The van der Waals surface area contributed by atoms with Gasteiger partial charge in [-0.25, -0.2) is 8.42 Å². The highest BCUT2D eigenvalue weighted by atomic mass is 35.5. The first-order valence-corrected chi connectivity index (χ1v) is 16.4. The summed E-state index contributed by atoms with van der Waals surface area (Å²) in [6.07, 6.45) is 8.38. The van der Waals surface area contributed by atoms with Crippen molar-refractivity contribution in [1.29, 1.82) is 0 Å². The molecule has 1 fully saturated rings. The molecule has 1 aliphatic rings. The number of halogens is 1. The number of rotatable bonds is 15. The van der Waals surface area contributed by atoms with Gasteiger partial charge in [-0.3, -0.25) is 4.79 Å².